The van der Waals surface area contributed by atoms with Gasteiger partial charge in [0.1, 0.15) is 24.0 Å². The fourth-order valence-electron chi connectivity index (χ4n) is 4.61. The summed E-state index contributed by atoms with van der Waals surface area (Å²) < 4.78 is 5.11. The third-order valence-electron chi connectivity index (χ3n) is 6.27. The average Bonchev–Trinajstić information content (AvgIpc) is 2.93. The second-order valence-electron chi connectivity index (χ2n) is 9.12. The third kappa shape index (κ3) is 7.14. The van der Waals surface area contributed by atoms with Crippen LogP contribution in [0.1, 0.15) is 64.7 Å². The first-order valence-corrected chi connectivity index (χ1v) is 13.9. The molecule has 0 aliphatic carbocycles. The number of carbonyl (C=O) groups excluding carboxylic acids is 1. The minimum absolute atomic E-state index is 0.274. The van der Waals surface area contributed by atoms with E-state index in [-0.39, 0.29) is 6.61 Å². The predicted molar refractivity (Wildman–Crippen MR) is 159 cm³/mol. The molecule has 1 aromatic carbocycles. The van der Waals surface area contributed by atoms with Gasteiger partial charge in [-0.05, 0) is 62.1 Å². The molecule has 1 aliphatic heterocycles. The lowest BCUT2D eigenvalue weighted by molar-refractivity contribution is 0.0951. The zero-order valence-electron chi connectivity index (χ0n) is 24.7. The number of benzene rings is 1. The van der Waals surface area contributed by atoms with Crippen molar-refractivity contribution >= 4 is 28.6 Å². The number of nitrogens with zero attached hydrogens (tertiary/aromatic N) is 6. The number of hydrogen-bond donors (Lipinski definition) is 1. The Hall–Kier alpha value is -3.93. The van der Waals surface area contributed by atoms with Crippen LogP contribution in [0.2, 0.25) is 0 Å². The lowest BCUT2D eigenvalue weighted by Crippen LogP contribution is -2.55. The smallest absolute Gasteiger partial charge is 0.410 e. The van der Waals surface area contributed by atoms with Crippen LogP contribution in [0.4, 0.5) is 16.4 Å². The van der Waals surface area contributed by atoms with Gasteiger partial charge in [-0.2, -0.15) is 5.26 Å². The van der Waals surface area contributed by atoms with E-state index in [4.69, 9.17) is 10.5 Å². The van der Waals surface area contributed by atoms with E-state index in [9.17, 15) is 10.1 Å². The van der Waals surface area contributed by atoms with Crippen LogP contribution in [0.3, 0.4) is 0 Å². The Morgan fingerprint density at radius 1 is 1.10 bits per heavy atom. The van der Waals surface area contributed by atoms with Crippen molar-refractivity contribution in [2.45, 2.75) is 74.3 Å². The van der Waals surface area contributed by atoms with Crippen LogP contribution in [-0.4, -0.2) is 58.2 Å². The van der Waals surface area contributed by atoms with Crippen molar-refractivity contribution in [3.05, 3.63) is 41.2 Å². The molecule has 0 bridgehead atoms. The maximum Gasteiger partial charge on any atom is 0.410 e. The first kappa shape index (κ1) is 31.3. The summed E-state index contributed by atoms with van der Waals surface area (Å²) in [5.41, 5.74) is 12.1. The topological polar surface area (TPSA) is 121 Å². The summed E-state index contributed by atoms with van der Waals surface area (Å²) in [6, 6.07) is 7.61. The molecule has 0 radical (unpaired) electrons. The summed E-state index contributed by atoms with van der Waals surface area (Å²) in [5.74, 6) is 1.24. The Kier molecular flexibility index (Phi) is 11.9. The summed E-state index contributed by atoms with van der Waals surface area (Å²) in [7, 11) is 0. The number of piperazine rings is 1. The number of nitrogens with two attached hydrogens (primary N) is 1. The fourth-order valence-corrected chi connectivity index (χ4v) is 4.61. The maximum absolute atomic E-state index is 12.2. The van der Waals surface area contributed by atoms with E-state index in [1.165, 1.54) is 17.6 Å². The average molecular weight is 534 g/mol. The molecule has 0 spiro atoms. The lowest BCUT2D eigenvalue weighted by atomic mass is 9.95. The summed E-state index contributed by atoms with van der Waals surface area (Å²) in [6.07, 6.45) is 3.17. The molecule has 1 amide bonds. The number of pyridine rings is 1. The number of hydrogen-bond acceptors (Lipinski definition) is 8. The van der Waals surface area contributed by atoms with Crippen molar-refractivity contribution in [2.24, 2.45) is 0 Å². The molecular weight excluding hydrogens is 490 g/mol. The summed E-state index contributed by atoms with van der Waals surface area (Å²) >= 11 is 0. The summed E-state index contributed by atoms with van der Waals surface area (Å²) in [6.45, 7) is 17.8. The molecule has 9 nitrogen and oxygen atoms in total. The Bertz CT molecular complexity index is 1300. The highest BCUT2D eigenvalue weighted by molar-refractivity contribution is 5.94. The number of aromatic nitrogens is 3. The standard InChI is InChI=1S/C25H29N7O2.C3H8.C2H6/c1-5-18-16(4)10-22(27)30-23(18)19-11-21-20(9-15(19)3)24(29-14-28-21)31-7-8-32(17(12-26)13-31)25(33)34-6-2;1-3-2;1-2/h9-11,14,17H,5-8,13H2,1-4H3,(H2,27,30);3H2,1-2H3;1-2H3. The molecule has 3 heterocycles. The first-order valence-electron chi connectivity index (χ1n) is 13.9. The molecular formula is C30H43N7O2. The molecule has 4 rings (SSSR count). The van der Waals surface area contributed by atoms with E-state index >= 15 is 0 Å². The number of rotatable bonds is 4. The van der Waals surface area contributed by atoms with Gasteiger partial charge in [0.05, 0.1) is 30.4 Å². The van der Waals surface area contributed by atoms with Crippen LogP contribution in [0, 0.1) is 25.2 Å². The van der Waals surface area contributed by atoms with E-state index in [0.29, 0.717) is 25.5 Å². The number of ether oxygens (including phenoxy) is 1. The number of nitriles is 1. The molecule has 39 heavy (non-hydrogen) atoms. The monoisotopic (exact) mass is 533 g/mol. The van der Waals surface area contributed by atoms with Crippen LogP contribution in [0.15, 0.2) is 24.5 Å². The molecule has 1 aliphatic rings. The van der Waals surface area contributed by atoms with Gasteiger partial charge in [0, 0.05) is 24.0 Å². The van der Waals surface area contributed by atoms with Crippen molar-refractivity contribution in [3.63, 3.8) is 0 Å². The largest absolute Gasteiger partial charge is 0.450 e. The van der Waals surface area contributed by atoms with Crippen molar-refractivity contribution in [1.82, 2.24) is 19.9 Å². The van der Waals surface area contributed by atoms with E-state index in [1.807, 2.05) is 37.8 Å². The number of anilines is 2. The van der Waals surface area contributed by atoms with Crippen molar-refractivity contribution in [3.8, 4) is 17.3 Å². The molecule has 1 saturated heterocycles. The lowest BCUT2D eigenvalue weighted by Gasteiger charge is -2.38. The van der Waals surface area contributed by atoms with E-state index in [2.05, 4.69) is 54.8 Å². The van der Waals surface area contributed by atoms with E-state index < -0.39 is 12.1 Å². The van der Waals surface area contributed by atoms with Crippen LogP contribution < -0.4 is 10.6 Å². The maximum atomic E-state index is 12.2. The van der Waals surface area contributed by atoms with E-state index in [0.717, 1.165) is 51.1 Å². The van der Waals surface area contributed by atoms with Crippen LogP contribution in [0.25, 0.3) is 22.2 Å². The van der Waals surface area contributed by atoms with Gasteiger partial charge in [0.2, 0.25) is 0 Å². The Balaban J connectivity index is 0.000000998. The second-order valence-corrected chi connectivity index (χ2v) is 9.12. The fraction of sp³-hybridized carbons (Fsp3) is 0.500. The number of carbonyl (C=O) groups is 1. The minimum atomic E-state index is -0.621. The van der Waals surface area contributed by atoms with E-state index in [1.54, 1.807) is 6.92 Å². The van der Waals surface area contributed by atoms with Crippen LogP contribution in [0.5, 0.6) is 0 Å². The Morgan fingerprint density at radius 3 is 2.41 bits per heavy atom. The summed E-state index contributed by atoms with van der Waals surface area (Å²) in [4.78, 5) is 29.5. The first-order chi connectivity index (χ1) is 18.8. The molecule has 1 fully saturated rings. The van der Waals surface area contributed by atoms with Gasteiger partial charge in [0.15, 0.2) is 0 Å². The third-order valence-corrected chi connectivity index (χ3v) is 6.27. The molecule has 1 atom stereocenters. The van der Waals surface area contributed by atoms with Gasteiger partial charge < -0.3 is 15.4 Å². The Morgan fingerprint density at radius 2 is 1.79 bits per heavy atom. The van der Waals surface area contributed by atoms with Gasteiger partial charge in [-0.25, -0.2) is 19.7 Å². The highest BCUT2D eigenvalue weighted by Gasteiger charge is 2.32. The van der Waals surface area contributed by atoms with Gasteiger partial charge in [-0.3, -0.25) is 4.90 Å². The molecule has 2 aromatic heterocycles. The number of aryl methyl sites for hydroxylation is 2. The van der Waals surface area contributed by atoms with Crippen molar-refractivity contribution in [1.29, 1.82) is 5.26 Å². The number of nitrogen functional groups attached to an aromatic ring is 1. The zero-order chi connectivity index (χ0) is 29.1. The van der Waals surface area contributed by atoms with Crippen LogP contribution in [-0.2, 0) is 11.2 Å². The van der Waals surface area contributed by atoms with Gasteiger partial charge >= 0.3 is 6.09 Å². The molecule has 1 unspecified atom stereocenters. The number of fused-ring (bicyclic) bond motifs is 1. The number of amides is 1. The highest BCUT2D eigenvalue weighted by Crippen LogP contribution is 2.34. The normalized spacial score (nSPS) is 14.5. The Labute approximate surface area is 233 Å². The van der Waals surface area contributed by atoms with Gasteiger partial charge in [0.25, 0.3) is 0 Å². The van der Waals surface area contributed by atoms with Crippen molar-refractivity contribution in [2.75, 3.05) is 36.9 Å². The quantitative estimate of drug-likeness (QED) is 0.429. The second kappa shape index (κ2) is 14.9. The zero-order valence-corrected chi connectivity index (χ0v) is 24.7. The van der Waals surface area contributed by atoms with Gasteiger partial charge in [-0.15, -0.1) is 0 Å². The molecule has 0 saturated carbocycles. The predicted octanol–water partition coefficient (Wildman–Crippen LogP) is 6.07. The SMILES string of the molecule is CC.CCC.CCOC(=O)N1CCN(c2ncnc3cc(-c4nc(N)cc(C)c4CC)c(C)cc23)CC1C#N. The summed E-state index contributed by atoms with van der Waals surface area (Å²) in [5, 5.41) is 10.6. The molecule has 210 valence electrons. The minimum Gasteiger partial charge on any atom is -0.450 e. The molecule has 2 N–H and O–H groups in total. The van der Waals surface area contributed by atoms with Crippen molar-refractivity contribution < 1.29 is 9.53 Å². The van der Waals surface area contributed by atoms with Gasteiger partial charge in [-0.1, -0.05) is 41.0 Å². The molecule has 9 heteroatoms. The highest BCUT2D eigenvalue weighted by atomic mass is 16.6. The van der Waals surface area contributed by atoms with Crippen LogP contribution >= 0.6 is 0 Å². The molecule has 3 aromatic rings.